The van der Waals surface area contributed by atoms with E-state index in [9.17, 15) is 4.79 Å². The number of nitrogens with zero attached hydrogens (tertiary/aromatic N) is 1. The van der Waals surface area contributed by atoms with Crippen LogP contribution in [0.3, 0.4) is 0 Å². The number of nitrogens with one attached hydrogen (secondary N) is 1. The molecule has 0 atom stereocenters. The fraction of sp³-hybridized carbons (Fsp3) is 0.545. The molecule has 0 aliphatic carbocycles. The van der Waals surface area contributed by atoms with Crippen LogP contribution < -0.4 is 4.90 Å². The second kappa shape index (κ2) is 4.38. The van der Waals surface area contributed by atoms with Gasteiger partial charge in [-0.25, -0.2) is 4.79 Å². The van der Waals surface area contributed by atoms with Crippen LogP contribution in [0.2, 0.25) is 0 Å². The standard InChI is InChI=1S/C11H18N2O2/c1-5-15-10(14)11(2,3)13(4)9-6-7-12-8-9/h6-8,12H,5H2,1-4H3. The van der Waals surface area contributed by atoms with Crippen LogP contribution in [0, 0.1) is 0 Å². The summed E-state index contributed by atoms with van der Waals surface area (Å²) in [6.07, 6.45) is 3.67. The molecule has 1 heterocycles. The molecule has 0 bridgehead atoms. The lowest BCUT2D eigenvalue weighted by atomic mass is 10.0. The number of likely N-dealkylation sites (N-methyl/N-ethyl adjacent to an activating group) is 1. The third-order valence-corrected chi connectivity index (χ3v) is 2.58. The molecule has 0 aliphatic rings. The Bertz CT molecular complexity index is 317. The van der Waals surface area contributed by atoms with Crippen LogP contribution in [-0.4, -0.2) is 30.1 Å². The van der Waals surface area contributed by atoms with Crippen molar-refractivity contribution in [1.29, 1.82) is 0 Å². The van der Waals surface area contributed by atoms with Gasteiger partial charge in [-0.2, -0.15) is 0 Å². The molecule has 0 spiro atoms. The molecule has 0 unspecified atom stereocenters. The van der Waals surface area contributed by atoms with E-state index in [1.54, 1.807) is 0 Å². The number of ether oxygens (including phenoxy) is 1. The summed E-state index contributed by atoms with van der Waals surface area (Å²) in [6.45, 7) is 5.91. The van der Waals surface area contributed by atoms with E-state index in [1.807, 2.05) is 51.2 Å². The van der Waals surface area contributed by atoms with Crippen molar-refractivity contribution in [2.24, 2.45) is 0 Å². The average Bonchev–Trinajstić information content (AvgIpc) is 2.69. The number of aromatic nitrogens is 1. The Morgan fingerprint density at radius 1 is 1.60 bits per heavy atom. The Morgan fingerprint density at radius 2 is 2.27 bits per heavy atom. The van der Waals surface area contributed by atoms with Gasteiger partial charge in [0, 0.05) is 19.4 Å². The Hall–Kier alpha value is -1.45. The van der Waals surface area contributed by atoms with Crippen molar-refractivity contribution in [2.45, 2.75) is 26.3 Å². The first-order valence-electron chi connectivity index (χ1n) is 5.04. The zero-order valence-corrected chi connectivity index (χ0v) is 9.70. The number of carbonyl (C=O) groups is 1. The lowest BCUT2D eigenvalue weighted by molar-refractivity contribution is -0.148. The van der Waals surface area contributed by atoms with Gasteiger partial charge in [-0.15, -0.1) is 0 Å². The summed E-state index contributed by atoms with van der Waals surface area (Å²) < 4.78 is 5.04. The molecule has 0 amide bonds. The van der Waals surface area contributed by atoms with Crippen molar-refractivity contribution < 1.29 is 9.53 Å². The zero-order valence-electron chi connectivity index (χ0n) is 9.70. The molecule has 4 nitrogen and oxygen atoms in total. The first-order valence-corrected chi connectivity index (χ1v) is 5.04. The van der Waals surface area contributed by atoms with Gasteiger partial charge in [-0.3, -0.25) is 0 Å². The monoisotopic (exact) mass is 210 g/mol. The van der Waals surface area contributed by atoms with Gasteiger partial charge < -0.3 is 14.6 Å². The van der Waals surface area contributed by atoms with Crippen LogP contribution >= 0.6 is 0 Å². The van der Waals surface area contributed by atoms with Crippen LogP contribution in [0.25, 0.3) is 0 Å². The summed E-state index contributed by atoms with van der Waals surface area (Å²) in [5.41, 5.74) is 0.311. The topological polar surface area (TPSA) is 45.3 Å². The molecule has 1 N–H and O–H groups in total. The first-order chi connectivity index (χ1) is 7.00. The molecule has 0 aromatic carbocycles. The number of rotatable bonds is 4. The second-order valence-electron chi connectivity index (χ2n) is 3.91. The number of hydrogen-bond donors (Lipinski definition) is 1. The van der Waals surface area contributed by atoms with Gasteiger partial charge in [-0.1, -0.05) is 0 Å². The number of esters is 1. The maximum absolute atomic E-state index is 11.7. The van der Waals surface area contributed by atoms with E-state index in [0.29, 0.717) is 6.61 Å². The Labute approximate surface area is 90.2 Å². The summed E-state index contributed by atoms with van der Waals surface area (Å²) in [5.74, 6) is -0.214. The van der Waals surface area contributed by atoms with Crippen molar-refractivity contribution in [2.75, 3.05) is 18.6 Å². The first kappa shape index (κ1) is 11.6. The number of carbonyl (C=O) groups excluding carboxylic acids is 1. The van der Waals surface area contributed by atoms with Crippen molar-refractivity contribution in [3.05, 3.63) is 18.5 Å². The quantitative estimate of drug-likeness (QED) is 0.771. The molecule has 84 valence electrons. The molecule has 0 radical (unpaired) electrons. The molecular formula is C11H18N2O2. The van der Waals surface area contributed by atoms with Gasteiger partial charge in [0.25, 0.3) is 0 Å². The van der Waals surface area contributed by atoms with Crippen LogP contribution in [-0.2, 0) is 9.53 Å². The van der Waals surface area contributed by atoms with E-state index >= 15 is 0 Å². The van der Waals surface area contributed by atoms with Gasteiger partial charge in [0.1, 0.15) is 5.54 Å². The average molecular weight is 210 g/mol. The van der Waals surface area contributed by atoms with Crippen LogP contribution in [0.1, 0.15) is 20.8 Å². The third-order valence-electron chi connectivity index (χ3n) is 2.58. The molecule has 0 saturated heterocycles. The second-order valence-corrected chi connectivity index (χ2v) is 3.91. The highest BCUT2D eigenvalue weighted by atomic mass is 16.5. The summed E-state index contributed by atoms with van der Waals surface area (Å²) >= 11 is 0. The van der Waals surface area contributed by atoms with E-state index < -0.39 is 5.54 Å². The van der Waals surface area contributed by atoms with Gasteiger partial charge in [-0.05, 0) is 26.8 Å². The maximum Gasteiger partial charge on any atom is 0.331 e. The molecule has 0 fully saturated rings. The predicted octanol–water partition coefficient (Wildman–Crippen LogP) is 1.79. The maximum atomic E-state index is 11.7. The van der Waals surface area contributed by atoms with Crippen LogP contribution in [0.4, 0.5) is 5.69 Å². The molecule has 1 rings (SSSR count). The zero-order chi connectivity index (χ0) is 11.5. The number of anilines is 1. The van der Waals surface area contributed by atoms with E-state index in [1.165, 1.54) is 0 Å². The Morgan fingerprint density at radius 3 is 2.73 bits per heavy atom. The molecule has 1 aromatic rings. The highest BCUT2D eigenvalue weighted by Crippen LogP contribution is 2.22. The Balaban J connectivity index is 2.81. The molecular weight excluding hydrogens is 192 g/mol. The van der Waals surface area contributed by atoms with Gasteiger partial charge >= 0.3 is 5.97 Å². The Kier molecular flexibility index (Phi) is 3.39. The smallest absolute Gasteiger partial charge is 0.331 e. The van der Waals surface area contributed by atoms with Gasteiger partial charge in [0.05, 0.1) is 12.3 Å². The van der Waals surface area contributed by atoms with Crippen LogP contribution in [0.15, 0.2) is 18.5 Å². The van der Waals surface area contributed by atoms with Gasteiger partial charge in [0.2, 0.25) is 0 Å². The predicted molar refractivity (Wildman–Crippen MR) is 59.9 cm³/mol. The van der Waals surface area contributed by atoms with Crippen molar-refractivity contribution in [3.63, 3.8) is 0 Å². The van der Waals surface area contributed by atoms with Crippen LogP contribution in [0.5, 0.6) is 0 Å². The number of hydrogen-bond acceptors (Lipinski definition) is 3. The highest BCUT2D eigenvalue weighted by Gasteiger charge is 2.34. The van der Waals surface area contributed by atoms with E-state index in [-0.39, 0.29) is 5.97 Å². The van der Waals surface area contributed by atoms with E-state index in [2.05, 4.69) is 4.98 Å². The molecule has 15 heavy (non-hydrogen) atoms. The fourth-order valence-corrected chi connectivity index (χ4v) is 1.29. The molecule has 1 aromatic heterocycles. The largest absolute Gasteiger partial charge is 0.464 e. The normalized spacial score (nSPS) is 11.2. The lowest BCUT2D eigenvalue weighted by Gasteiger charge is -2.34. The van der Waals surface area contributed by atoms with E-state index in [0.717, 1.165) is 5.69 Å². The molecule has 0 aliphatic heterocycles. The van der Waals surface area contributed by atoms with Gasteiger partial charge in [0.15, 0.2) is 0 Å². The third kappa shape index (κ3) is 2.32. The summed E-state index contributed by atoms with van der Waals surface area (Å²) in [4.78, 5) is 16.6. The minimum absolute atomic E-state index is 0.214. The molecule has 0 saturated carbocycles. The number of aromatic amines is 1. The molecule has 4 heteroatoms. The summed E-state index contributed by atoms with van der Waals surface area (Å²) in [5, 5.41) is 0. The summed E-state index contributed by atoms with van der Waals surface area (Å²) in [6, 6.07) is 1.92. The van der Waals surface area contributed by atoms with Crippen molar-refractivity contribution in [1.82, 2.24) is 4.98 Å². The van der Waals surface area contributed by atoms with E-state index in [4.69, 9.17) is 4.74 Å². The summed E-state index contributed by atoms with van der Waals surface area (Å²) in [7, 11) is 1.88. The highest BCUT2D eigenvalue weighted by molar-refractivity contribution is 5.84. The van der Waals surface area contributed by atoms with Crippen molar-refractivity contribution in [3.8, 4) is 0 Å². The fourth-order valence-electron chi connectivity index (χ4n) is 1.29. The number of H-pyrrole nitrogens is 1. The minimum Gasteiger partial charge on any atom is -0.464 e. The SMILES string of the molecule is CCOC(=O)C(C)(C)N(C)c1cc[nH]c1. The minimum atomic E-state index is -0.655. The lowest BCUT2D eigenvalue weighted by Crippen LogP contribution is -2.49. The van der Waals surface area contributed by atoms with Crippen molar-refractivity contribution >= 4 is 11.7 Å².